The Kier molecular flexibility index (Phi) is 3.14. The summed E-state index contributed by atoms with van der Waals surface area (Å²) in [5.41, 5.74) is 0. The zero-order chi connectivity index (χ0) is 11.7. The fourth-order valence-electron chi connectivity index (χ4n) is 2.56. The van der Waals surface area contributed by atoms with Crippen molar-refractivity contribution in [2.75, 3.05) is 19.6 Å². The third-order valence-corrected chi connectivity index (χ3v) is 3.41. The molecule has 0 aromatic heterocycles. The summed E-state index contributed by atoms with van der Waals surface area (Å²) in [5, 5.41) is 6.01. The molecule has 0 saturated carbocycles. The molecule has 2 saturated heterocycles. The van der Waals surface area contributed by atoms with Gasteiger partial charge >= 0.3 is 0 Å². The Balaban J connectivity index is 2.04. The molecule has 2 fully saturated rings. The van der Waals surface area contributed by atoms with Crippen molar-refractivity contribution in [2.45, 2.75) is 32.4 Å². The van der Waals surface area contributed by atoms with Gasteiger partial charge in [0.2, 0.25) is 11.8 Å². The van der Waals surface area contributed by atoms with E-state index in [0.29, 0.717) is 13.0 Å². The zero-order valence-electron chi connectivity index (χ0n) is 9.82. The number of nitrogens with one attached hydrogen (secondary N) is 2. The highest BCUT2D eigenvalue weighted by atomic mass is 16.2. The first-order valence-corrected chi connectivity index (χ1v) is 5.89. The second kappa shape index (κ2) is 4.41. The van der Waals surface area contributed by atoms with Crippen molar-refractivity contribution in [1.29, 1.82) is 0 Å². The average molecular weight is 225 g/mol. The molecule has 2 aliphatic rings. The maximum atomic E-state index is 12.3. The van der Waals surface area contributed by atoms with Crippen LogP contribution in [0.2, 0.25) is 0 Å². The molecular weight excluding hydrogens is 206 g/mol. The Morgan fingerprint density at radius 2 is 1.88 bits per heavy atom. The molecule has 0 aliphatic carbocycles. The molecule has 5 heteroatoms. The van der Waals surface area contributed by atoms with Gasteiger partial charge in [0, 0.05) is 38.1 Å². The standard InChI is InChI=1S/C11H19N3O2/c1-7-4-12-5-8(2)14(7)11(16)9-3-10(15)13-6-9/h7-9,12H,3-6H2,1-2H3,(H,13,15). The first-order chi connectivity index (χ1) is 7.59. The lowest BCUT2D eigenvalue weighted by Gasteiger charge is -2.40. The summed E-state index contributed by atoms with van der Waals surface area (Å²) in [5.74, 6) is -0.0378. The predicted octanol–water partition coefficient (Wildman–Crippen LogP) is -0.669. The van der Waals surface area contributed by atoms with E-state index in [1.807, 2.05) is 18.7 Å². The van der Waals surface area contributed by atoms with E-state index in [-0.39, 0.29) is 29.8 Å². The quantitative estimate of drug-likeness (QED) is 0.622. The molecule has 2 heterocycles. The summed E-state index contributed by atoms with van der Waals surface area (Å²) in [4.78, 5) is 25.3. The molecule has 90 valence electrons. The van der Waals surface area contributed by atoms with Crippen molar-refractivity contribution in [2.24, 2.45) is 5.92 Å². The molecule has 0 radical (unpaired) electrons. The summed E-state index contributed by atoms with van der Waals surface area (Å²) in [6, 6.07) is 0.430. The largest absolute Gasteiger partial charge is 0.355 e. The summed E-state index contributed by atoms with van der Waals surface area (Å²) < 4.78 is 0. The van der Waals surface area contributed by atoms with Gasteiger partial charge in [-0.05, 0) is 13.8 Å². The molecule has 2 amide bonds. The molecule has 16 heavy (non-hydrogen) atoms. The van der Waals surface area contributed by atoms with Crippen molar-refractivity contribution in [3.63, 3.8) is 0 Å². The first kappa shape index (κ1) is 11.4. The Labute approximate surface area is 95.6 Å². The smallest absolute Gasteiger partial charge is 0.228 e. The number of carbonyl (C=O) groups is 2. The van der Waals surface area contributed by atoms with Crippen LogP contribution in [0.15, 0.2) is 0 Å². The van der Waals surface area contributed by atoms with Crippen molar-refractivity contribution < 1.29 is 9.59 Å². The van der Waals surface area contributed by atoms with E-state index in [1.165, 1.54) is 0 Å². The number of nitrogens with zero attached hydrogens (tertiary/aromatic N) is 1. The van der Waals surface area contributed by atoms with E-state index in [4.69, 9.17) is 0 Å². The minimum atomic E-state index is -0.157. The van der Waals surface area contributed by atoms with Gasteiger partial charge in [-0.25, -0.2) is 0 Å². The summed E-state index contributed by atoms with van der Waals surface area (Å²) in [7, 11) is 0. The van der Waals surface area contributed by atoms with Gasteiger partial charge in [0.25, 0.3) is 0 Å². The van der Waals surface area contributed by atoms with E-state index in [2.05, 4.69) is 10.6 Å². The SMILES string of the molecule is CC1CNCC(C)N1C(=O)C1CNC(=O)C1. The van der Waals surface area contributed by atoms with Gasteiger partial charge in [0.05, 0.1) is 5.92 Å². The van der Waals surface area contributed by atoms with E-state index in [0.717, 1.165) is 13.1 Å². The zero-order valence-corrected chi connectivity index (χ0v) is 9.82. The van der Waals surface area contributed by atoms with Gasteiger partial charge in [-0.1, -0.05) is 0 Å². The van der Waals surface area contributed by atoms with Gasteiger partial charge in [-0.15, -0.1) is 0 Å². The minimum Gasteiger partial charge on any atom is -0.355 e. The molecule has 2 N–H and O–H groups in total. The number of piperazine rings is 1. The van der Waals surface area contributed by atoms with Crippen LogP contribution >= 0.6 is 0 Å². The van der Waals surface area contributed by atoms with E-state index in [9.17, 15) is 9.59 Å². The molecule has 0 aromatic carbocycles. The second-order valence-electron chi connectivity index (χ2n) is 4.81. The van der Waals surface area contributed by atoms with Crippen LogP contribution in [-0.2, 0) is 9.59 Å². The van der Waals surface area contributed by atoms with Gasteiger partial charge in [-0.3, -0.25) is 9.59 Å². The Hall–Kier alpha value is -1.10. The predicted molar refractivity (Wildman–Crippen MR) is 59.8 cm³/mol. The Morgan fingerprint density at radius 1 is 1.25 bits per heavy atom. The topological polar surface area (TPSA) is 61.4 Å². The van der Waals surface area contributed by atoms with Gasteiger partial charge in [-0.2, -0.15) is 0 Å². The average Bonchev–Trinajstić information content (AvgIpc) is 2.64. The molecule has 0 aromatic rings. The summed E-state index contributed by atoms with van der Waals surface area (Å²) >= 11 is 0. The summed E-state index contributed by atoms with van der Waals surface area (Å²) in [6.45, 7) is 6.27. The third-order valence-electron chi connectivity index (χ3n) is 3.41. The van der Waals surface area contributed by atoms with Crippen LogP contribution in [0, 0.1) is 5.92 Å². The molecule has 0 bridgehead atoms. The van der Waals surface area contributed by atoms with Crippen LogP contribution < -0.4 is 10.6 Å². The fourth-order valence-corrected chi connectivity index (χ4v) is 2.56. The second-order valence-corrected chi connectivity index (χ2v) is 4.81. The van der Waals surface area contributed by atoms with Crippen LogP contribution in [0.3, 0.4) is 0 Å². The number of hydrogen-bond acceptors (Lipinski definition) is 3. The third kappa shape index (κ3) is 2.04. The van der Waals surface area contributed by atoms with E-state index >= 15 is 0 Å². The van der Waals surface area contributed by atoms with Crippen LogP contribution in [0.25, 0.3) is 0 Å². The highest BCUT2D eigenvalue weighted by Gasteiger charge is 2.36. The highest BCUT2D eigenvalue weighted by molar-refractivity contribution is 5.89. The normalized spacial score (nSPS) is 35.0. The lowest BCUT2D eigenvalue weighted by Crippen LogP contribution is -2.58. The molecule has 2 aliphatic heterocycles. The number of amides is 2. The molecule has 3 unspecified atom stereocenters. The first-order valence-electron chi connectivity index (χ1n) is 5.89. The Bertz CT molecular complexity index is 296. The van der Waals surface area contributed by atoms with Crippen LogP contribution in [0.5, 0.6) is 0 Å². The van der Waals surface area contributed by atoms with Gasteiger partial charge < -0.3 is 15.5 Å². The molecule has 2 rings (SSSR count). The lowest BCUT2D eigenvalue weighted by atomic mass is 10.0. The maximum Gasteiger partial charge on any atom is 0.228 e. The summed E-state index contributed by atoms with van der Waals surface area (Å²) in [6.07, 6.45) is 0.349. The fraction of sp³-hybridized carbons (Fsp3) is 0.818. The van der Waals surface area contributed by atoms with Crippen molar-refractivity contribution in [3.05, 3.63) is 0 Å². The van der Waals surface area contributed by atoms with Gasteiger partial charge in [0.15, 0.2) is 0 Å². The van der Waals surface area contributed by atoms with Gasteiger partial charge in [0.1, 0.15) is 0 Å². The lowest BCUT2D eigenvalue weighted by molar-refractivity contribution is -0.141. The molecule has 3 atom stereocenters. The molecular formula is C11H19N3O2. The van der Waals surface area contributed by atoms with Crippen LogP contribution in [0.1, 0.15) is 20.3 Å². The van der Waals surface area contributed by atoms with Crippen LogP contribution in [-0.4, -0.2) is 48.4 Å². The number of hydrogen-bond donors (Lipinski definition) is 2. The number of rotatable bonds is 1. The maximum absolute atomic E-state index is 12.3. The van der Waals surface area contributed by atoms with Crippen molar-refractivity contribution in [3.8, 4) is 0 Å². The molecule has 0 spiro atoms. The highest BCUT2D eigenvalue weighted by Crippen LogP contribution is 2.18. The number of carbonyl (C=O) groups excluding carboxylic acids is 2. The van der Waals surface area contributed by atoms with Crippen molar-refractivity contribution >= 4 is 11.8 Å². The van der Waals surface area contributed by atoms with Crippen LogP contribution in [0.4, 0.5) is 0 Å². The Morgan fingerprint density at radius 3 is 2.38 bits per heavy atom. The van der Waals surface area contributed by atoms with E-state index in [1.54, 1.807) is 0 Å². The minimum absolute atomic E-state index is 0.00575. The van der Waals surface area contributed by atoms with Crippen molar-refractivity contribution in [1.82, 2.24) is 15.5 Å². The van der Waals surface area contributed by atoms with E-state index < -0.39 is 0 Å². The monoisotopic (exact) mass is 225 g/mol. The molecule has 5 nitrogen and oxygen atoms in total.